The maximum Gasteiger partial charge on any atom is 0.226 e. The van der Waals surface area contributed by atoms with Crippen LogP contribution < -0.4 is 16.0 Å². The van der Waals surface area contributed by atoms with Gasteiger partial charge in [-0.15, -0.1) is 24.0 Å². The molecule has 3 N–H and O–H groups in total. The zero-order valence-corrected chi connectivity index (χ0v) is 21.3. The average Bonchev–Trinajstić information content (AvgIpc) is 2.97. The van der Waals surface area contributed by atoms with E-state index in [0.29, 0.717) is 18.9 Å². The fraction of sp³-hybridized carbons (Fsp3) is 0.450. The summed E-state index contributed by atoms with van der Waals surface area (Å²) in [5.41, 5.74) is 4.07. The summed E-state index contributed by atoms with van der Waals surface area (Å²) in [5.74, 6) is 0.661. The Bertz CT molecular complexity index is 836. The van der Waals surface area contributed by atoms with Gasteiger partial charge in [-0.25, -0.2) is 0 Å². The van der Waals surface area contributed by atoms with E-state index >= 15 is 0 Å². The van der Waals surface area contributed by atoms with Crippen molar-refractivity contribution in [3.63, 3.8) is 0 Å². The van der Waals surface area contributed by atoms with Crippen molar-refractivity contribution in [3.05, 3.63) is 45.7 Å². The third-order valence-corrected chi connectivity index (χ3v) is 4.78. The Morgan fingerprint density at radius 3 is 2.55 bits per heavy atom. The van der Waals surface area contributed by atoms with Crippen LogP contribution in [0.4, 0.5) is 5.69 Å². The van der Waals surface area contributed by atoms with Crippen molar-refractivity contribution in [2.24, 2.45) is 4.99 Å². The minimum atomic E-state index is -0.0336. The van der Waals surface area contributed by atoms with Crippen molar-refractivity contribution in [2.45, 2.75) is 40.2 Å². The van der Waals surface area contributed by atoms with Crippen molar-refractivity contribution in [1.29, 1.82) is 0 Å². The summed E-state index contributed by atoms with van der Waals surface area (Å²) in [6.07, 6.45) is 1.30. The van der Waals surface area contributed by atoms with Gasteiger partial charge in [0, 0.05) is 49.0 Å². The summed E-state index contributed by atoms with van der Waals surface area (Å²) < 4.78 is 2.96. The third kappa shape index (κ3) is 8.73. The molecule has 0 bridgehead atoms. The number of halogens is 2. The van der Waals surface area contributed by atoms with Crippen LogP contribution in [0.5, 0.6) is 0 Å². The fourth-order valence-electron chi connectivity index (χ4n) is 2.79. The number of nitrogens with zero attached hydrogens (tertiary/aromatic N) is 3. The second-order valence-electron chi connectivity index (χ2n) is 6.69. The minimum absolute atomic E-state index is 0. The van der Waals surface area contributed by atoms with Crippen LogP contribution in [0.3, 0.4) is 0 Å². The fourth-order valence-corrected chi connectivity index (χ4v) is 3.15. The van der Waals surface area contributed by atoms with Gasteiger partial charge in [-0.2, -0.15) is 5.10 Å². The number of amides is 1. The number of hydrogen-bond acceptors (Lipinski definition) is 3. The Morgan fingerprint density at radius 2 is 1.90 bits per heavy atom. The molecule has 0 spiro atoms. The Morgan fingerprint density at radius 1 is 1.17 bits per heavy atom. The molecule has 7 nitrogen and oxygen atoms in total. The van der Waals surface area contributed by atoms with Gasteiger partial charge in [0.15, 0.2) is 5.96 Å². The number of carbonyl (C=O) groups is 1. The number of hydrogen-bond donors (Lipinski definition) is 3. The number of rotatable bonds is 8. The zero-order chi connectivity index (χ0) is 20.5. The molecule has 0 atom stereocenters. The van der Waals surface area contributed by atoms with Crippen molar-refractivity contribution in [3.8, 4) is 0 Å². The van der Waals surface area contributed by atoms with Crippen molar-refractivity contribution in [1.82, 2.24) is 20.4 Å². The molecule has 2 aromatic rings. The van der Waals surface area contributed by atoms with Crippen LogP contribution in [0, 0.1) is 20.8 Å². The molecule has 160 valence electrons. The number of carbonyl (C=O) groups excluding carboxylic acids is 1. The van der Waals surface area contributed by atoms with Gasteiger partial charge in [-0.1, -0.05) is 22.0 Å². The van der Waals surface area contributed by atoms with Crippen LogP contribution in [0.15, 0.2) is 33.7 Å². The van der Waals surface area contributed by atoms with Gasteiger partial charge < -0.3 is 16.0 Å². The van der Waals surface area contributed by atoms with E-state index < -0.39 is 0 Å². The number of anilines is 1. The molecular weight excluding hydrogens is 547 g/mol. The summed E-state index contributed by atoms with van der Waals surface area (Å²) in [6.45, 7) is 8.18. The Balaban J connectivity index is 0.00000420. The van der Waals surface area contributed by atoms with E-state index in [2.05, 4.69) is 55.0 Å². The van der Waals surface area contributed by atoms with E-state index in [1.807, 2.05) is 36.7 Å². The molecule has 0 saturated carbocycles. The summed E-state index contributed by atoms with van der Waals surface area (Å²) in [5, 5.41) is 13.8. The molecule has 0 unspecified atom stereocenters. The molecule has 1 heterocycles. The first-order valence-corrected chi connectivity index (χ1v) is 10.2. The number of nitrogens with one attached hydrogen (secondary N) is 3. The van der Waals surface area contributed by atoms with E-state index in [-0.39, 0.29) is 29.9 Å². The van der Waals surface area contributed by atoms with Gasteiger partial charge in [0.05, 0.1) is 5.69 Å². The lowest BCUT2D eigenvalue weighted by molar-refractivity contribution is -0.116. The highest BCUT2D eigenvalue weighted by molar-refractivity contribution is 14.0. The average molecular weight is 577 g/mol. The minimum Gasteiger partial charge on any atom is -0.356 e. The van der Waals surface area contributed by atoms with E-state index in [0.717, 1.165) is 40.9 Å². The molecule has 9 heteroatoms. The first-order chi connectivity index (χ1) is 13.4. The van der Waals surface area contributed by atoms with E-state index in [4.69, 9.17) is 0 Å². The molecule has 0 aliphatic rings. The standard InChI is InChI=1S/C20H29BrN6O.HI/c1-14-6-7-17(21)13-18(14)25-19(28)8-10-24-20(22-4)23-9-5-11-27-16(3)12-15(2)26-27;/h6-7,12-13H,5,8-11H2,1-4H3,(H,25,28)(H2,22,23,24);1H. The van der Waals surface area contributed by atoms with E-state index in [1.54, 1.807) is 7.05 Å². The lowest BCUT2D eigenvalue weighted by Gasteiger charge is -2.13. The largest absolute Gasteiger partial charge is 0.356 e. The molecule has 0 saturated heterocycles. The lowest BCUT2D eigenvalue weighted by Crippen LogP contribution is -2.39. The Labute approximate surface area is 198 Å². The van der Waals surface area contributed by atoms with Crippen molar-refractivity contribution in [2.75, 3.05) is 25.5 Å². The summed E-state index contributed by atoms with van der Waals surface area (Å²) in [7, 11) is 1.72. The zero-order valence-electron chi connectivity index (χ0n) is 17.4. The monoisotopic (exact) mass is 576 g/mol. The van der Waals surface area contributed by atoms with Crippen LogP contribution in [-0.4, -0.2) is 41.8 Å². The SMILES string of the molecule is CN=C(NCCCn1nc(C)cc1C)NCCC(=O)Nc1cc(Br)ccc1C.I. The van der Waals surface area contributed by atoms with Crippen LogP contribution in [0.25, 0.3) is 0 Å². The van der Waals surface area contributed by atoms with Gasteiger partial charge in [0.2, 0.25) is 5.91 Å². The maximum atomic E-state index is 12.2. The first-order valence-electron chi connectivity index (χ1n) is 9.40. The highest BCUT2D eigenvalue weighted by Crippen LogP contribution is 2.20. The molecule has 1 aromatic heterocycles. The van der Waals surface area contributed by atoms with Gasteiger partial charge in [0.1, 0.15) is 0 Å². The molecule has 0 aliphatic heterocycles. The van der Waals surface area contributed by atoms with Gasteiger partial charge >= 0.3 is 0 Å². The molecule has 2 rings (SSSR count). The molecule has 29 heavy (non-hydrogen) atoms. The second kappa shape index (κ2) is 12.8. The molecule has 0 aliphatic carbocycles. The maximum absolute atomic E-state index is 12.2. The number of benzene rings is 1. The number of guanidine groups is 1. The van der Waals surface area contributed by atoms with Crippen LogP contribution >= 0.6 is 39.9 Å². The highest BCUT2D eigenvalue weighted by Gasteiger charge is 2.06. The molecular formula is C20H30BrIN6O. The molecule has 0 fully saturated rings. The van der Waals surface area contributed by atoms with E-state index in [9.17, 15) is 4.79 Å². The normalized spacial score (nSPS) is 11.0. The smallest absolute Gasteiger partial charge is 0.226 e. The number of aliphatic imine (C=N–C) groups is 1. The lowest BCUT2D eigenvalue weighted by atomic mass is 10.2. The molecule has 1 aromatic carbocycles. The predicted octanol–water partition coefficient (Wildman–Crippen LogP) is 3.77. The van der Waals surface area contributed by atoms with Gasteiger partial charge in [0.25, 0.3) is 0 Å². The first kappa shape index (κ1) is 25.4. The number of aromatic nitrogens is 2. The van der Waals surface area contributed by atoms with Gasteiger partial charge in [-0.05, 0) is 51.0 Å². The van der Waals surface area contributed by atoms with Crippen molar-refractivity contribution >= 4 is 57.5 Å². The van der Waals surface area contributed by atoms with Crippen molar-refractivity contribution < 1.29 is 4.79 Å². The second-order valence-corrected chi connectivity index (χ2v) is 7.60. The number of aryl methyl sites for hydroxylation is 4. The molecule has 0 radical (unpaired) electrons. The van der Waals surface area contributed by atoms with E-state index in [1.165, 1.54) is 5.69 Å². The molecule has 1 amide bonds. The van der Waals surface area contributed by atoms with Gasteiger partial charge in [-0.3, -0.25) is 14.5 Å². The topological polar surface area (TPSA) is 83.3 Å². The highest BCUT2D eigenvalue weighted by atomic mass is 127. The summed E-state index contributed by atoms with van der Waals surface area (Å²) in [6, 6.07) is 7.91. The third-order valence-electron chi connectivity index (χ3n) is 4.28. The summed E-state index contributed by atoms with van der Waals surface area (Å²) in [4.78, 5) is 16.4. The summed E-state index contributed by atoms with van der Waals surface area (Å²) >= 11 is 3.42. The Kier molecular flexibility index (Phi) is 11.3. The predicted molar refractivity (Wildman–Crippen MR) is 133 cm³/mol. The van der Waals surface area contributed by atoms with Crippen LogP contribution in [-0.2, 0) is 11.3 Å². The Hall–Kier alpha value is -1.62. The van der Waals surface area contributed by atoms with Crippen LogP contribution in [0.2, 0.25) is 0 Å². The van der Waals surface area contributed by atoms with Crippen LogP contribution in [0.1, 0.15) is 29.8 Å². The quantitative estimate of drug-likeness (QED) is 0.193.